The fourth-order valence-electron chi connectivity index (χ4n) is 1.82. The van der Waals surface area contributed by atoms with E-state index in [1.807, 2.05) is 19.1 Å². The van der Waals surface area contributed by atoms with Crippen molar-refractivity contribution in [2.75, 3.05) is 0 Å². The van der Waals surface area contributed by atoms with E-state index in [4.69, 9.17) is 11.6 Å². The summed E-state index contributed by atoms with van der Waals surface area (Å²) in [5, 5.41) is 1.96. The highest BCUT2D eigenvalue weighted by atomic mass is 35.5. The van der Waals surface area contributed by atoms with Gasteiger partial charge in [0.25, 0.3) is 0 Å². The molecular formula is C14H16ClN. The average Bonchev–Trinajstić information content (AvgIpc) is 2.14. The first-order valence-electron chi connectivity index (χ1n) is 5.45. The molecule has 0 amide bonds. The molecule has 2 rings (SSSR count). The van der Waals surface area contributed by atoms with Crippen molar-refractivity contribution < 1.29 is 0 Å². The predicted octanol–water partition coefficient (Wildman–Crippen LogP) is 4.49. The van der Waals surface area contributed by atoms with Crippen molar-refractivity contribution in [3.8, 4) is 0 Å². The molecule has 0 spiro atoms. The molecule has 16 heavy (non-hydrogen) atoms. The summed E-state index contributed by atoms with van der Waals surface area (Å²) < 4.78 is 0. The molecule has 0 radical (unpaired) electrons. The van der Waals surface area contributed by atoms with Crippen LogP contribution in [-0.2, 0) is 5.41 Å². The number of aromatic nitrogens is 1. The Morgan fingerprint density at radius 2 is 1.81 bits per heavy atom. The van der Waals surface area contributed by atoms with E-state index in [9.17, 15) is 0 Å². The van der Waals surface area contributed by atoms with E-state index in [2.05, 4.69) is 37.9 Å². The van der Waals surface area contributed by atoms with E-state index in [0.717, 1.165) is 21.6 Å². The number of aryl methyl sites for hydroxylation is 1. The predicted molar refractivity (Wildman–Crippen MR) is 70.2 cm³/mol. The molecule has 0 aliphatic carbocycles. The van der Waals surface area contributed by atoms with Crippen LogP contribution in [0.2, 0.25) is 5.02 Å². The SMILES string of the molecule is Cc1ccc2cc(C(C)(C)C)c(Cl)cc2n1. The molecule has 1 heterocycles. The van der Waals surface area contributed by atoms with E-state index in [1.165, 1.54) is 5.56 Å². The fraction of sp³-hybridized carbons (Fsp3) is 0.357. The van der Waals surface area contributed by atoms with Crippen LogP contribution < -0.4 is 0 Å². The highest BCUT2D eigenvalue weighted by Crippen LogP contribution is 2.32. The van der Waals surface area contributed by atoms with Gasteiger partial charge in [-0.25, -0.2) is 0 Å². The molecule has 0 bridgehead atoms. The summed E-state index contributed by atoms with van der Waals surface area (Å²) in [6, 6.07) is 8.24. The van der Waals surface area contributed by atoms with Crippen LogP contribution in [-0.4, -0.2) is 4.98 Å². The maximum absolute atomic E-state index is 6.30. The van der Waals surface area contributed by atoms with Gasteiger partial charge in [-0.2, -0.15) is 0 Å². The second kappa shape index (κ2) is 3.74. The molecule has 2 aromatic rings. The Kier molecular flexibility index (Phi) is 2.67. The molecule has 1 aromatic carbocycles. The van der Waals surface area contributed by atoms with Crippen LogP contribution in [0.25, 0.3) is 10.9 Å². The number of hydrogen-bond donors (Lipinski definition) is 0. The number of halogens is 1. The van der Waals surface area contributed by atoms with Gasteiger partial charge in [-0.1, -0.05) is 38.4 Å². The Bertz CT molecular complexity index is 538. The van der Waals surface area contributed by atoms with E-state index in [1.54, 1.807) is 0 Å². The highest BCUT2D eigenvalue weighted by Gasteiger charge is 2.18. The van der Waals surface area contributed by atoms with Crippen molar-refractivity contribution in [1.29, 1.82) is 0 Å². The van der Waals surface area contributed by atoms with Gasteiger partial charge in [0.2, 0.25) is 0 Å². The molecule has 0 saturated carbocycles. The lowest BCUT2D eigenvalue weighted by molar-refractivity contribution is 0.591. The fourth-order valence-corrected chi connectivity index (χ4v) is 2.26. The third-order valence-corrected chi connectivity index (χ3v) is 3.04. The molecular weight excluding hydrogens is 218 g/mol. The molecule has 0 aliphatic rings. The maximum Gasteiger partial charge on any atom is 0.0720 e. The second-order valence-corrected chi connectivity index (χ2v) is 5.63. The number of hydrogen-bond acceptors (Lipinski definition) is 1. The van der Waals surface area contributed by atoms with Crippen molar-refractivity contribution >= 4 is 22.5 Å². The molecule has 0 atom stereocenters. The normalized spacial score (nSPS) is 12.1. The zero-order chi connectivity index (χ0) is 11.9. The molecule has 0 N–H and O–H groups in total. The molecule has 1 aromatic heterocycles. The van der Waals surface area contributed by atoms with Gasteiger partial charge in [0.15, 0.2) is 0 Å². The summed E-state index contributed by atoms with van der Waals surface area (Å²) in [7, 11) is 0. The van der Waals surface area contributed by atoms with E-state index in [0.29, 0.717) is 0 Å². The molecule has 0 fully saturated rings. The minimum Gasteiger partial charge on any atom is -0.253 e. The molecule has 84 valence electrons. The quantitative estimate of drug-likeness (QED) is 0.653. The minimum absolute atomic E-state index is 0.0656. The summed E-state index contributed by atoms with van der Waals surface area (Å²) in [4.78, 5) is 4.48. The number of pyridine rings is 1. The van der Waals surface area contributed by atoms with Crippen LogP contribution in [0.4, 0.5) is 0 Å². The Hall–Kier alpha value is -1.08. The molecule has 2 heteroatoms. The van der Waals surface area contributed by atoms with Gasteiger partial charge in [-0.3, -0.25) is 4.98 Å². The maximum atomic E-state index is 6.30. The van der Waals surface area contributed by atoms with Gasteiger partial charge < -0.3 is 0 Å². The first-order chi connectivity index (χ1) is 7.38. The summed E-state index contributed by atoms with van der Waals surface area (Å²) in [5.41, 5.74) is 3.23. The first kappa shape index (κ1) is 11.4. The zero-order valence-electron chi connectivity index (χ0n) is 10.1. The first-order valence-corrected chi connectivity index (χ1v) is 5.83. The number of fused-ring (bicyclic) bond motifs is 1. The van der Waals surface area contributed by atoms with Crippen molar-refractivity contribution in [1.82, 2.24) is 4.98 Å². The van der Waals surface area contributed by atoms with Crippen molar-refractivity contribution in [2.24, 2.45) is 0 Å². The molecule has 0 unspecified atom stereocenters. The summed E-state index contributed by atoms with van der Waals surface area (Å²) >= 11 is 6.30. The van der Waals surface area contributed by atoms with Crippen LogP contribution in [0.1, 0.15) is 32.0 Å². The van der Waals surface area contributed by atoms with E-state index >= 15 is 0 Å². The van der Waals surface area contributed by atoms with Gasteiger partial charge >= 0.3 is 0 Å². The summed E-state index contributed by atoms with van der Waals surface area (Å²) in [6.45, 7) is 8.50. The monoisotopic (exact) mass is 233 g/mol. The lowest BCUT2D eigenvalue weighted by atomic mass is 9.86. The molecule has 0 saturated heterocycles. The van der Waals surface area contributed by atoms with Crippen LogP contribution >= 0.6 is 11.6 Å². The smallest absolute Gasteiger partial charge is 0.0720 e. The van der Waals surface area contributed by atoms with Crippen LogP contribution in [0, 0.1) is 6.92 Å². The summed E-state index contributed by atoms with van der Waals surface area (Å²) in [6.07, 6.45) is 0. The van der Waals surface area contributed by atoms with Gasteiger partial charge in [0, 0.05) is 16.1 Å². The van der Waals surface area contributed by atoms with Gasteiger partial charge in [-0.05, 0) is 36.1 Å². The third kappa shape index (κ3) is 2.05. The van der Waals surface area contributed by atoms with Gasteiger partial charge in [0.05, 0.1) is 5.52 Å². The van der Waals surface area contributed by atoms with Crippen LogP contribution in [0.3, 0.4) is 0 Å². The highest BCUT2D eigenvalue weighted by molar-refractivity contribution is 6.32. The van der Waals surface area contributed by atoms with Crippen molar-refractivity contribution in [2.45, 2.75) is 33.1 Å². The summed E-state index contributed by atoms with van der Waals surface area (Å²) in [5.74, 6) is 0. The molecule has 0 aliphatic heterocycles. The lowest BCUT2D eigenvalue weighted by Gasteiger charge is -2.21. The number of rotatable bonds is 0. The van der Waals surface area contributed by atoms with E-state index < -0.39 is 0 Å². The zero-order valence-corrected chi connectivity index (χ0v) is 10.9. The number of nitrogens with zero attached hydrogens (tertiary/aromatic N) is 1. The lowest BCUT2D eigenvalue weighted by Crippen LogP contribution is -2.11. The van der Waals surface area contributed by atoms with Crippen molar-refractivity contribution in [3.63, 3.8) is 0 Å². The van der Waals surface area contributed by atoms with E-state index in [-0.39, 0.29) is 5.41 Å². The standard InChI is InChI=1S/C14H16ClN/c1-9-5-6-10-7-11(14(2,3)4)12(15)8-13(10)16-9/h5-8H,1-4H3. The Morgan fingerprint density at radius 1 is 1.12 bits per heavy atom. The second-order valence-electron chi connectivity index (χ2n) is 5.23. The number of benzene rings is 1. The Labute approximate surface area is 101 Å². The molecule has 1 nitrogen and oxygen atoms in total. The van der Waals surface area contributed by atoms with Crippen LogP contribution in [0.15, 0.2) is 24.3 Å². The largest absolute Gasteiger partial charge is 0.253 e. The third-order valence-electron chi connectivity index (χ3n) is 2.73. The van der Waals surface area contributed by atoms with Gasteiger partial charge in [-0.15, -0.1) is 0 Å². The Morgan fingerprint density at radius 3 is 2.44 bits per heavy atom. The van der Waals surface area contributed by atoms with Gasteiger partial charge in [0.1, 0.15) is 0 Å². The minimum atomic E-state index is 0.0656. The van der Waals surface area contributed by atoms with Crippen molar-refractivity contribution in [3.05, 3.63) is 40.5 Å². The topological polar surface area (TPSA) is 12.9 Å². The van der Waals surface area contributed by atoms with Crippen LogP contribution in [0.5, 0.6) is 0 Å². The Balaban J connectivity index is 2.72. The average molecular weight is 234 g/mol.